The van der Waals surface area contributed by atoms with Crippen molar-refractivity contribution in [2.45, 2.75) is 43.7 Å². The number of H-pyrrole nitrogens is 1. The maximum atomic E-state index is 12.6. The number of benzene rings is 2. The van der Waals surface area contributed by atoms with Crippen LogP contribution in [0.15, 0.2) is 58.2 Å². The number of unbranched alkanes of at least 4 members (excludes halogenated alkanes) is 2. The molecular formula is C23H27N3O2S2. The quantitative estimate of drug-likeness (QED) is 0.288. The SMILES string of the molecule is CSc1ccc(CN(C)C(=O)CCCCCn2c(=S)[nH]c3ccccc3c2=O)cc1. The van der Waals surface area contributed by atoms with E-state index in [2.05, 4.69) is 35.5 Å². The van der Waals surface area contributed by atoms with Gasteiger partial charge in [0.25, 0.3) is 5.56 Å². The van der Waals surface area contributed by atoms with Gasteiger partial charge in [-0.15, -0.1) is 11.8 Å². The number of nitrogens with zero attached hydrogens (tertiary/aromatic N) is 2. The lowest BCUT2D eigenvalue weighted by Crippen LogP contribution is -2.26. The maximum absolute atomic E-state index is 12.6. The molecule has 7 heteroatoms. The molecule has 0 aliphatic rings. The van der Waals surface area contributed by atoms with E-state index in [4.69, 9.17) is 12.2 Å². The molecule has 0 saturated heterocycles. The van der Waals surface area contributed by atoms with Gasteiger partial charge in [0.1, 0.15) is 0 Å². The van der Waals surface area contributed by atoms with Gasteiger partial charge in [-0.2, -0.15) is 0 Å². The van der Waals surface area contributed by atoms with Gasteiger partial charge in [-0.1, -0.05) is 30.7 Å². The number of thioether (sulfide) groups is 1. The number of para-hydroxylation sites is 1. The average Bonchev–Trinajstić information content (AvgIpc) is 2.75. The van der Waals surface area contributed by atoms with Crippen molar-refractivity contribution in [3.63, 3.8) is 0 Å². The summed E-state index contributed by atoms with van der Waals surface area (Å²) >= 11 is 7.05. The van der Waals surface area contributed by atoms with Crippen molar-refractivity contribution in [2.24, 2.45) is 0 Å². The number of aromatic amines is 1. The number of hydrogen-bond donors (Lipinski definition) is 1. The van der Waals surface area contributed by atoms with Crippen LogP contribution in [0.4, 0.5) is 0 Å². The third kappa shape index (κ3) is 5.61. The minimum absolute atomic E-state index is 0.0577. The molecule has 0 saturated carbocycles. The van der Waals surface area contributed by atoms with E-state index in [-0.39, 0.29) is 11.5 Å². The first-order chi connectivity index (χ1) is 14.5. The fourth-order valence-corrected chi connectivity index (χ4v) is 4.10. The van der Waals surface area contributed by atoms with Crippen LogP contribution in [-0.4, -0.2) is 33.7 Å². The monoisotopic (exact) mass is 441 g/mol. The van der Waals surface area contributed by atoms with E-state index >= 15 is 0 Å². The molecule has 30 heavy (non-hydrogen) atoms. The van der Waals surface area contributed by atoms with E-state index in [0.717, 1.165) is 30.3 Å². The lowest BCUT2D eigenvalue weighted by Gasteiger charge is -2.17. The third-order valence-electron chi connectivity index (χ3n) is 5.17. The fourth-order valence-electron chi connectivity index (χ4n) is 3.41. The Morgan fingerprint density at radius 2 is 1.83 bits per heavy atom. The first-order valence-electron chi connectivity index (χ1n) is 10.1. The van der Waals surface area contributed by atoms with Gasteiger partial charge in [-0.05, 0) is 61.1 Å². The number of amides is 1. The van der Waals surface area contributed by atoms with Gasteiger partial charge in [0.2, 0.25) is 5.91 Å². The van der Waals surface area contributed by atoms with Crippen LogP contribution in [0, 0.1) is 4.77 Å². The van der Waals surface area contributed by atoms with Crippen molar-refractivity contribution in [2.75, 3.05) is 13.3 Å². The standard InChI is InChI=1S/C23H27N3O2S2/c1-25(16-17-11-13-18(30-2)14-12-17)21(27)10-4-3-7-15-26-22(28)19-8-5-6-9-20(19)24-23(26)29/h5-6,8-9,11-14H,3-4,7,10,15-16H2,1-2H3,(H,24,29). The van der Waals surface area contributed by atoms with Gasteiger partial charge in [0.05, 0.1) is 10.9 Å². The molecule has 3 aromatic rings. The van der Waals surface area contributed by atoms with Crippen LogP contribution in [0.1, 0.15) is 31.2 Å². The maximum Gasteiger partial charge on any atom is 0.262 e. The Morgan fingerprint density at radius 3 is 2.57 bits per heavy atom. The molecule has 5 nitrogen and oxygen atoms in total. The van der Waals surface area contributed by atoms with Crippen LogP contribution in [0.25, 0.3) is 10.9 Å². The molecule has 1 amide bonds. The molecule has 0 atom stereocenters. The summed E-state index contributed by atoms with van der Waals surface area (Å²) in [7, 11) is 1.85. The predicted octanol–water partition coefficient (Wildman–Crippen LogP) is 5.00. The summed E-state index contributed by atoms with van der Waals surface area (Å²) < 4.78 is 2.06. The molecule has 0 bridgehead atoms. The Balaban J connectivity index is 1.45. The molecule has 1 aromatic heterocycles. The van der Waals surface area contributed by atoms with Crippen molar-refractivity contribution in [3.05, 3.63) is 69.2 Å². The largest absolute Gasteiger partial charge is 0.341 e. The Labute approximate surface area is 186 Å². The van der Waals surface area contributed by atoms with Gasteiger partial charge in [0.15, 0.2) is 4.77 Å². The third-order valence-corrected chi connectivity index (χ3v) is 6.23. The van der Waals surface area contributed by atoms with Crippen LogP contribution in [-0.2, 0) is 17.9 Å². The average molecular weight is 442 g/mol. The number of carbonyl (C=O) groups is 1. The number of nitrogens with one attached hydrogen (secondary N) is 1. The normalized spacial score (nSPS) is 11.0. The molecule has 2 aromatic carbocycles. The van der Waals surface area contributed by atoms with E-state index in [9.17, 15) is 9.59 Å². The fraction of sp³-hybridized carbons (Fsp3) is 0.348. The van der Waals surface area contributed by atoms with Crippen molar-refractivity contribution >= 4 is 40.8 Å². The van der Waals surface area contributed by atoms with E-state index in [0.29, 0.717) is 29.7 Å². The number of aromatic nitrogens is 2. The first-order valence-corrected chi connectivity index (χ1v) is 11.7. The summed E-state index contributed by atoms with van der Waals surface area (Å²) in [6.07, 6.45) is 5.04. The number of carbonyl (C=O) groups excluding carboxylic acids is 1. The topological polar surface area (TPSA) is 58.1 Å². The second-order valence-corrected chi connectivity index (χ2v) is 8.61. The molecule has 158 valence electrons. The van der Waals surface area contributed by atoms with E-state index in [1.54, 1.807) is 21.2 Å². The molecule has 0 aliphatic carbocycles. The van der Waals surface area contributed by atoms with Gasteiger partial charge < -0.3 is 9.88 Å². The summed E-state index contributed by atoms with van der Waals surface area (Å²) in [5, 5.41) is 0.647. The smallest absolute Gasteiger partial charge is 0.262 e. The summed E-state index contributed by atoms with van der Waals surface area (Å²) in [6.45, 7) is 1.18. The molecule has 0 fully saturated rings. The van der Waals surface area contributed by atoms with Crippen LogP contribution in [0.3, 0.4) is 0 Å². The highest BCUT2D eigenvalue weighted by molar-refractivity contribution is 7.98. The Kier molecular flexibility index (Phi) is 7.87. The van der Waals surface area contributed by atoms with Crippen molar-refractivity contribution in [3.8, 4) is 0 Å². The molecule has 1 N–H and O–H groups in total. The zero-order valence-corrected chi connectivity index (χ0v) is 19.0. The summed E-state index contributed by atoms with van der Waals surface area (Å²) in [6, 6.07) is 15.7. The molecular weight excluding hydrogens is 414 g/mol. The molecule has 0 unspecified atom stereocenters. The minimum Gasteiger partial charge on any atom is -0.341 e. The van der Waals surface area contributed by atoms with Gasteiger partial charge in [0, 0.05) is 31.5 Å². The molecule has 3 rings (SSSR count). The van der Waals surface area contributed by atoms with Crippen molar-refractivity contribution < 1.29 is 4.79 Å². The highest BCUT2D eigenvalue weighted by Crippen LogP contribution is 2.16. The first kappa shape index (κ1) is 22.3. The molecule has 0 aliphatic heterocycles. The zero-order chi connectivity index (χ0) is 21.5. The van der Waals surface area contributed by atoms with Gasteiger partial charge in [-0.25, -0.2) is 0 Å². The predicted molar refractivity (Wildman–Crippen MR) is 127 cm³/mol. The summed E-state index contributed by atoms with van der Waals surface area (Å²) in [4.78, 5) is 31.2. The van der Waals surface area contributed by atoms with Crippen LogP contribution < -0.4 is 5.56 Å². The van der Waals surface area contributed by atoms with Crippen LogP contribution >= 0.6 is 24.0 Å². The highest BCUT2D eigenvalue weighted by atomic mass is 32.2. The van der Waals surface area contributed by atoms with Gasteiger partial charge in [-0.3, -0.25) is 14.2 Å². The Morgan fingerprint density at radius 1 is 1.10 bits per heavy atom. The van der Waals surface area contributed by atoms with Crippen LogP contribution in [0.5, 0.6) is 0 Å². The second-order valence-electron chi connectivity index (χ2n) is 7.34. The van der Waals surface area contributed by atoms with Crippen molar-refractivity contribution in [1.29, 1.82) is 0 Å². The van der Waals surface area contributed by atoms with Gasteiger partial charge >= 0.3 is 0 Å². The van der Waals surface area contributed by atoms with Crippen LogP contribution in [0.2, 0.25) is 0 Å². The number of fused-ring (bicyclic) bond motifs is 1. The molecule has 1 heterocycles. The Hall–Kier alpha value is -2.38. The van der Waals surface area contributed by atoms with Crippen molar-refractivity contribution in [1.82, 2.24) is 14.5 Å². The zero-order valence-electron chi connectivity index (χ0n) is 17.4. The van der Waals surface area contributed by atoms with E-state index in [1.165, 1.54) is 4.90 Å². The molecule has 0 radical (unpaired) electrons. The number of rotatable bonds is 9. The molecule has 0 spiro atoms. The minimum atomic E-state index is -0.0577. The van der Waals surface area contributed by atoms with E-state index < -0.39 is 0 Å². The summed E-state index contributed by atoms with van der Waals surface area (Å²) in [5.74, 6) is 0.143. The summed E-state index contributed by atoms with van der Waals surface area (Å²) in [5.41, 5.74) is 1.84. The Bertz CT molecular complexity index is 1120. The second kappa shape index (κ2) is 10.6. The lowest BCUT2D eigenvalue weighted by molar-refractivity contribution is -0.130. The van der Waals surface area contributed by atoms with E-state index in [1.807, 2.05) is 31.3 Å². The number of hydrogen-bond acceptors (Lipinski definition) is 4. The highest BCUT2D eigenvalue weighted by Gasteiger charge is 2.10. The lowest BCUT2D eigenvalue weighted by atomic mass is 10.1.